The first-order valence-corrected chi connectivity index (χ1v) is 10.6. The maximum Gasteiger partial charge on any atom is 0.260 e. The van der Waals surface area contributed by atoms with E-state index in [0.717, 1.165) is 27.5 Å². The summed E-state index contributed by atoms with van der Waals surface area (Å²) in [4.78, 5) is 20.9. The van der Waals surface area contributed by atoms with Gasteiger partial charge in [0, 0.05) is 16.7 Å². The lowest BCUT2D eigenvalue weighted by Crippen LogP contribution is -2.09. The number of hydrogen-bond acceptors (Lipinski definition) is 6. The van der Waals surface area contributed by atoms with E-state index in [4.69, 9.17) is 9.47 Å². The molecule has 4 rings (SSSR count). The fourth-order valence-electron chi connectivity index (χ4n) is 2.80. The molecule has 4 aromatic rings. The van der Waals surface area contributed by atoms with Crippen molar-refractivity contribution in [2.75, 3.05) is 19.5 Å². The molecule has 2 aromatic carbocycles. The van der Waals surface area contributed by atoms with Gasteiger partial charge in [-0.15, -0.1) is 11.3 Å². The first-order valence-electron chi connectivity index (χ1n) is 8.71. The summed E-state index contributed by atoms with van der Waals surface area (Å²) in [5.74, 6) is 2.25. The predicted molar refractivity (Wildman–Crippen MR) is 115 cm³/mol. The summed E-state index contributed by atoms with van der Waals surface area (Å²) < 4.78 is 10.8. The second-order valence-electron chi connectivity index (χ2n) is 5.94. The van der Waals surface area contributed by atoms with Crippen molar-refractivity contribution < 1.29 is 9.47 Å². The lowest BCUT2D eigenvalue weighted by Gasteiger charge is -2.07. The lowest BCUT2D eigenvalue weighted by atomic mass is 10.1. The van der Waals surface area contributed by atoms with E-state index >= 15 is 0 Å². The molecule has 0 aliphatic heterocycles. The van der Waals surface area contributed by atoms with Gasteiger partial charge >= 0.3 is 0 Å². The Labute approximate surface area is 170 Å². The highest BCUT2D eigenvalue weighted by Crippen LogP contribution is 2.31. The fourth-order valence-corrected chi connectivity index (χ4v) is 4.48. The molecular weight excluding hydrogens is 392 g/mol. The van der Waals surface area contributed by atoms with Gasteiger partial charge in [-0.05, 0) is 29.8 Å². The molecule has 0 spiro atoms. The van der Waals surface area contributed by atoms with Gasteiger partial charge in [0.1, 0.15) is 16.3 Å². The highest BCUT2D eigenvalue weighted by Gasteiger charge is 2.13. The van der Waals surface area contributed by atoms with Crippen LogP contribution in [0.25, 0.3) is 21.3 Å². The van der Waals surface area contributed by atoms with Crippen LogP contribution in [0.5, 0.6) is 11.5 Å². The Morgan fingerprint density at radius 3 is 2.57 bits per heavy atom. The number of aromatic amines is 1. The number of H-pyrrole nitrogens is 1. The molecule has 1 N–H and O–H groups in total. The van der Waals surface area contributed by atoms with Crippen LogP contribution >= 0.6 is 23.1 Å². The van der Waals surface area contributed by atoms with E-state index in [9.17, 15) is 4.79 Å². The van der Waals surface area contributed by atoms with Crippen LogP contribution < -0.4 is 15.0 Å². The van der Waals surface area contributed by atoms with Gasteiger partial charge in [-0.1, -0.05) is 42.1 Å². The minimum Gasteiger partial charge on any atom is -0.497 e. The van der Waals surface area contributed by atoms with Gasteiger partial charge in [-0.25, -0.2) is 4.98 Å². The van der Waals surface area contributed by atoms with Crippen molar-refractivity contribution in [3.63, 3.8) is 0 Å². The molecule has 0 bridgehead atoms. The summed E-state index contributed by atoms with van der Waals surface area (Å²) in [6.45, 7) is 0.512. The summed E-state index contributed by atoms with van der Waals surface area (Å²) in [7, 11) is 1.63. The molecule has 0 aliphatic carbocycles. The first-order chi connectivity index (χ1) is 13.7. The van der Waals surface area contributed by atoms with E-state index in [2.05, 4.69) is 9.97 Å². The summed E-state index contributed by atoms with van der Waals surface area (Å²) in [5.41, 5.74) is 1.84. The molecule has 0 unspecified atom stereocenters. The third-order valence-electron chi connectivity index (χ3n) is 4.16. The second-order valence-corrected chi connectivity index (χ2v) is 7.88. The number of nitrogens with zero attached hydrogens (tertiary/aromatic N) is 1. The Bertz CT molecular complexity index is 1120. The molecule has 0 atom stereocenters. The van der Waals surface area contributed by atoms with Crippen LogP contribution in [0.1, 0.15) is 0 Å². The SMILES string of the molecule is COc1ccc(OCCSc2nc3scc(-c4ccccc4)c3c(=O)[nH]2)cc1. The van der Waals surface area contributed by atoms with Gasteiger partial charge in [0.05, 0.1) is 19.1 Å². The van der Waals surface area contributed by atoms with Crippen molar-refractivity contribution in [3.05, 3.63) is 70.3 Å². The number of nitrogens with one attached hydrogen (secondary N) is 1. The van der Waals surface area contributed by atoms with Crippen molar-refractivity contribution in [1.82, 2.24) is 9.97 Å². The Morgan fingerprint density at radius 2 is 1.82 bits per heavy atom. The van der Waals surface area contributed by atoms with E-state index in [1.54, 1.807) is 7.11 Å². The minimum atomic E-state index is -0.108. The van der Waals surface area contributed by atoms with E-state index < -0.39 is 0 Å². The van der Waals surface area contributed by atoms with Crippen molar-refractivity contribution in [2.24, 2.45) is 0 Å². The van der Waals surface area contributed by atoms with Crippen LogP contribution in [-0.2, 0) is 0 Å². The van der Waals surface area contributed by atoms with Gasteiger partial charge < -0.3 is 14.5 Å². The molecule has 142 valence electrons. The maximum absolute atomic E-state index is 12.6. The highest BCUT2D eigenvalue weighted by molar-refractivity contribution is 7.99. The predicted octanol–water partition coefficient (Wildman–Crippen LogP) is 4.83. The van der Waals surface area contributed by atoms with Gasteiger partial charge in [0.15, 0.2) is 5.16 Å². The number of ether oxygens (including phenoxy) is 2. The second kappa shape index (κ2) is 8.50. The standard InChI is InChI=1S/C21H18N2O3S2/c1-25-15-7-9-16(10-8-15)26-11-12-27-21-22-19(24)18-17(13-28-20(18)23-21)14-5-3-2-4-6-14/h2-10,13H,11-12H2,1H3,(H,22,23,24). The van der Waals surface area contributed by atoms with Gasteiger partial charge in [-0.2, -0.15) is 0 Å². The number of benzene rings is 2. The Morgan fingerprint density at radius 1 is 1.07 bits per heavy atom. The number of hydrogen-bond donors (Lipinski definition) is 1. The number of thiophene rings is 1. The lowest BCUT2D eigenvalue weighted by molar-refractivity contribution is 0.342. The number of fused-ring (bicyclic) bond motifs is 1. The highest BCUT2D eigenvalue weighted by atomic mass is 32.2. The molecule has 0 saturated carbocycles. The van der Waals surface area contributed by atoms with E-state index in [1.807, 2.05) is 60.0 Å². The molecule has 28 heavy (non-hydrogen) atoms. The zero-order chi connectivity index (χ0) is 19.3. The van der Waals surface area contributed by atoms with E-state index in [0.29, 0.717) is 22.9 Å². The maximum atomic E-state index is 12.6. The third kappa shape index (κ3) is 4.05. The molecule has 0 aliphatic rings. The summed E-state index contributed by atoms with van der Waals surface area (Å²) >= 11 is 2.96. The van der Waals surface area contributed by atoms with Crippen LogP contribution in [0.4, 0.5) is 0 Å². The number of rotatable bonds is 7. The number of thioether (sulfide) groups is 1. The Kier molecular flexibility index (Phi) is 5.64. The van der Waals surface area contributed by atoms with Crippen molar-refractivity contribution in [1.29, 1.82) is 0 Å². The van der Waals surface area contributed by atoms with Gasteiger partial charge in [0.25, 0.3) is 5.56 Å². The molecule has 0 radical (unpaired) electrons. The smallest absolute Gasteiger partial charge is 0.260 e. The molecule has 2 heterocycles. The topological polar surface area (TPSA) is 64.2 Å². The normalized spacial score (nSPS) is 10.9. The van der Waals surface area contributed by atoms with Crippen LogP contribution in [0.15, 0.2) is 69.9 Å². The quantitative estimate of drug-likeness (QED) is 0.269. The molecular formula is C21H18N2O3S2. The first kappa shape index (κ1) is 18.6. The molecule has 5 nitrogen and oxygen atoms in total. The van der Waals surface area contributed by atoms with Crippen LogP contribution in [0.3, 0.4) is 0 Å². The van der Waals surface area contributed by atoms with Crippen LogP contribution in [-0.4, -0.2) is 29.4 Å². The summed E-state index contributed by atoms with van der Waals surface area (Å²) in [5, 5.41) is 3.25. The number of methoxy groups -OCH3 is 1. The Balaban J connectivity index is 1.43. The van der Waals surface area contributed by atoms with Crippen LogP contribution in [0.2, 0.25) is 0 Å². The monoisotopic (exact) mass is 410 g/mol. The third-order valence-corrected chi connectivity index (χ3v) is 5.87. The molecule has 0 fully saturated rings. The Hall–Kier alpha value is -2.77. The largest absolute Gasteiger partial charge is 0.497 e. The van der Waals surface area contributed by atoms with E-state index in [1.165, 1.54) is 23.1 Å². The molecule has 0 amide bonds. The molecule has 0 saturated heterocycles. The van der Waals surface area contributed by atoms with Crippen molar-refractivity contribution >= 4 is 33.3 Å². The number of aromatic nitrogens is 2. The zero-order valence-corrected chi connectivity index (χ0v) is 16.8. The van der Waals surface area contributed by atoms with Gasteiger partial charge in [0.2, 0.25) is 0 Å². The summed E-state index contributed by atoms with van der Waals surface area (Å²) in [6, 6.07) is 17.3. The molecule has 7 heteroatoms. The van der Waals surface area contributed by atoms with E-state index in [-0.39, 0.29) is 5.56 Å². The van der Waals surface area contributed by atoms with Gasteiger partial charge in [-0.3, -0.25) is 4.79 Å². The van der Waals surface area contributed by atoms with Crippen LogP contribution in [0, 0.1) is 0 Å². The van der Waals surface area contributed by atoms with Crippen molar-refractivity contribution in [2.45, 2.75) is 5.16 Å². The average Bonchev–Trinajstić information content (AvgIpc) is 3.17. The molecule has 2 aromatic heterocycles. The zero-order valence-electron chi connectivity index (χ0n) is 15.2. The minimum absolute atomic E-state index is 0.108. The average molecular weight is 411 g/mol. The fraction of sp³-hybridized carbons (Fsp3) is 0.143. The van der Waals surface area contributed by atoms with Crippen molar-refractivity contribution in [3.8, 4) is 22.6 Å². The summed E-state index contributed by atoms with van der Waals surface area (Å²) in [6.07, 6.45) is 0.